The molecule has 3 atom stereocenters. The Balaban J connectivity index is 1.61. The average Bonchev–Trinajstić information content (AvgIpc) is 3.34. The van der Waals surface area contributed by atoms with Crippen LogP contribution in [0.15, 0.2) is 42.5 Å². The number of benzene rings is 2. The molecular weight excluding hydrogens is 390 g/mol. The lowest BCUT2D eigenvalue weighted by atomic mass is 9.72. The quantitative estimate of drug-likeness (QED) is 0.764. The second-order valence-corrected chi connectivity index (χ2v) is 9.19. The summed E-state index contributed by atoms with van der Waals surface area (Å²) in [5, 5.41) is 10.6. The Morgan fingerprint density at radius 2 is 1.87 bits per heavy atom. The van der Waals surface area contributed by atoms with Crippen LogP contribution in [0.1, 0.15) is 49.8 Å². The topological polar surface area (TPSA) is 59.0 Å². The number of aliphatic hydroxyl groups is 1. The summed E-state index contributed by atoms with van der Waals surface area (Å²) in [6, 6.07) is 14.5. The average molecular weight is 424 g/mol. The molecule has 0 saturated carbocycles. The highest BCUT2D eigenvalue weighted by atomic mass is 16.5. The largest absolute Gasteiger partial charge is 0.493 e. The van der Waals surface area contributed by atoms with Gasteiger partial charge in [-0.25, -0.2) is 0 Å². The predicted octanol–water partition coefficient (Wildman–Crippen LogP) is 3.96. The third kappa shape index (κ3) is 4.03. The number of carbonyl (C=O) groups is 1. The molecule has 2 aromatic rings. The lowest BCUT2D eigenvalue weighted by Gasteiger charge is -2.34. The van der Waals surface area contributed by atoms with E-state index in [2.05, 4.69) is 31.2 Å². The van der Waals surface area contributed by atoms with Crippen LogP contribution in [0.2, 0.25) is 0 Å². The van der Waals surface area contributed by atoms with Crippen molar-refractivity contribution < 1.29 is 19.4 Å². The van der Waals surface area contributed by atoms with Gasteiger partial charge in [-0.3, -0.25) is 4.79 Å². The van der Waals surface area contributed by atoms with Crippen LogP contribution < -0.4 is 9.47 Å². The molecule has 0 unspecified atom stereocenters. The highest BCUT2D eigenvalue weighted by Gasteiger charge is 2.48. The molecule has 0 radical (unpaired) electrons. The Morgan fingerprint density at radius 3 is 2.45 bits per heavy atom. The summed E-state index contributed by atoms with van der Waals surface area (Å²) in [6.45, 7) is 6.94. The molecule has 5 nitrogen and oxygen atoms in total. The maximum absolute atomic E-state index is 12.4. The first kappa shape index (κ1) is 21.7. The Hall–Kier alpha value is -2.53. The maximum atomic E-state index is 12.4. The van der Waals surface area contributed by atoms with Gasteiger partial charge >= 0.3 is 0 Å². The molecule has 4 rings (SSSR count). The van der Waals surface area contributed by atoms with Crippen molar-refractivity contribution >= 4 is 5.91 Å². The highest BCUT2D eigenvalue weighted by molar-refractivity contribution is 5.76. The lowest BCUT2D eigenvalue weighted by Crippen LogP contribution is -2.38. The normalized spacial score (nSPS) is 24.2. The van der Waals surface area contributed by atoms with Crippen molar-refractivity contribution in [3.05, 3.63) is 59.2 Å². The number of aliphatic hydroxyl groups excluding tert-OH is 1. The summed E-state index contributed by atoms with van der Waals surface area (Å²) in [4.78, 5) is 14.3. The third-order valence-electron chi connectivity index (χ3n) is 7.24. The van der Waals surface area contributed by atoms with Gasteiger partial charge in [0.1, 0.15) is 6.10 Å². The van der Waals surface area contributed by atoms with Gasteiger partial charge in [0.2, 0.25) is 5.91 Å². The first-order chi connectivity index (χ1) is 14.9. The zero-order valence-electron chi connectivity index (χ0n) is 18.9. The molecule has 1 aliphatic heterocycles. The van der Waals surface area contributed by atoms with Gasteiger partial charge in [-0.2, -0.15) is 0 Å². The first-order valence-electron chi connectivity index (χ1n) is 11.2. The molecule has 0 aromatic heterocycles. The summed E-state index contributed by atoms with van der Waals surface area (Å²) < 4.78 is 12.0. The van der Waals surface area contributed by atoms with Crippen LogP contribution in [0.3, 0.4) is 0 Å². The molecule has 0 bridgehead atoms. The molecular formula is C26H33NO4. The molecule has 1 N–H and O–H groups in total. The summed E-state index contributed by atoms with van der Waals surface area (Å²) in [6.07, 6.45) is 1.78. The number of ether oxygens (including phenoxy) is 2. The van der Waals surface area contributed by atoms with Gasteiger partial charge in [-0.15, -0.1) is 0 Å². The summed E-state index contributed by atoms with van der Waals surface area (Å²) in [7, 11) is 1.66. The Kier molecular flexibility index (Phi) is 5.98. The minimum atomic E-state index is -0.539. The summed E-state index contributed by atoms with van der Waals surface area (Å²) in [5.74, 6) is 1.59. The number of hydrogen-bond donors (Lipinski definition) is 1. The van der Waals surface area contributed by atoms with E-state index >= 15 is 0 Å². The van der Waals surface area contributed by atoms with E-state index in [-0.39, 0.29) is 17.9 Å². The molecule has 2 aliphatic rings. The fourth-order valence-electron chi connectivity index (χ4n) is 5.12. The number of methoxy groups -OCH3 is 1. The van der Waals surface area contributed by atoms with E-state index in [1.165, 1.54) is 11.1 Å². The lowest BCUT2D eigenvalue weighted by molar-refractivity contribution is -0.130. The van der Waals surface area contributed by atoms with Gasteiger partial charge in [0, 0.05) is 43.7 Å². The SMILES string of the molecule is CCC(=O)N1C[C@@H](c2ccc(OC)c(OC3Cc4ccccc4C3)c2)[C@](C)([C@@H](C)O)C1. The van der Waals surface area contributed by atoms with Gasteiger partial charge in [-0.05, 0) is 35.7 Å². The number of amides is 1. The summed E-state index contributed by atoms with van der Waals surface area (Å²) >= 11 is 0. The van der Waals surface area contributed by atoms with Crippen molar-refractivity contribution in [3.63, 3.8) is 0 Å². The minimum absolute atomic E-state index is 0.0250. The molecule has 1 aliphatic carbocycles. The highest BCUT2D eigenvalue weighted by Crippen LogP contribution is 2.47. The zero-order valence-corrected chi connectivity index (χ0v) is 18.9. The maximum Gasteiger partial charge on any atom is 0.222 e. The molecule has 0 spiro atoms. The van der Waals surface area contributed by atoms with Crippen molar-refractivity contribution in [3.8, 4) is 11.5 Å². The van der Waals surface area contributed by atoms with E-state index in [4.69, 9.17) is 9.47 Å². The van der Waals surface area contributed by atoms with E-state index in [1.54, 1.807) is 7.11 Å². The van der Waals surface area contributed by atoms with Gasteiger partial charge in [0.15, 0.2) is 11.5 Å². The van der Waals surface area contributed by atoms with Crippen molar-refractivity contribution in [2.75, 3.05) is 20.2 Å². The zero-order chi connectivity index (χ0) is 22.2. The number of likely N-dealkylation sites (tertiary alicyclic amines) is 1. The molecule has 166 valence electrons. The summed E-state index contributed by atoms with van der Waals surface area (Å²) in [5.41, 5.74) is 3.34. The van der Waals surface area contributed by atoms with E-state index < -0.39 is 11.5 Å². The molecule has 31 heavy (non-hydrogen) atoms. The number of carbonyl (C=O) groups excluding carboxylic acids is 1. The molecule has 1 amide bonds. The minimum Gasteiger partial charge on any atom is -0.493 e. The first-order valence-corrected chi connectivity index (χ1v) is 11.2. The van der Waals surface area contributed by atoms with Crippen LogP contribution in [0.4, 0.5) is 0 Å². The molecule has 1 saturated heterocycles. The molecule has 1 heterocycles. The fraction of sp³-hybridized carbons (Fsp3) is 0.500. The van der Waals surface area contributed by atoms with Crippen molar-refractivity contribution in [2.24, 2.45) is 5.41 Å². The van der Waals surface area contributed by atoms with Crippen LogP contribution in [0.5, 0.6) is 11.5 Å². The van der Waals surface area contributed by atoms with Gasteiger partial charge < -0.3 is 19.5 Å². The van der Waals surface area contributed by atoms with E-state index in [0.29, 0.717) is 25.3 Å². The van der Waals surface area contributed by atoms with Crippen LogP contribution in [-0.2, 0) is 17.6 Å². The second kappa shape index (κ2) is 8.54. The van der Waals surface area contributed by atoms with E-state index in [1.807, 2.05) is 36.9 Å². The number of nitrogens with zero attached hydrogens (tertiary/aromatic N) is 1. The van der Waals surface area contributed by atoms with Gasteiger partial charge in [0.05, 0.1) is 13.2 Å². The number of hydrogen-bond acceptors (Lipinski definition) is 4. The van der Waals surface area contributed by atoms with E-state index in [9.17, 15) is 9.90 Å². The third-order valence-corrected chi connectivity index (χ3v) is 7.24. The van der Waals surface area contributed by atoms with Crippen molar-refractivity contribution in [2.45, 2.75) is 58.2 Å². The standard InChI is InChI=1S/C26H33NO4/c1-5-25(29)27-15-22(26(3,16-27)17(2)28)20-10-11-23(30-4)24(14-20)31-21-12-18-8-6-7-9-19(18)13-21/h6-11,14,17,21-22,28H,5,12-13,15-16H2,1-4H3/t17-,22+,26+/m1/s1. The van der Waals surface area contributed by atoms with Crippen LogP contribution in [0, 0.1) is 5.41 Å². The Bertz CT molecular complexity index is 931. The van der Waals surface area contributed by atoms with Crippen molar-refractivity contribution in [1.29, 1.82) is 0 Å². The smallest absolute Gasteiger partial charge is 0.222 e. The van der Waals surface area contributed by atoms with Crippen LogP contribution >= 0.6 is 0 Å². The van der Waals surface area contributed by atoms with Crippen molar-refractivity contribution in [1.82, 2.24) is 4.90 Å². The predicted molar refractivity (Wildman–Crippen MR) is 121 cm³/mol. The van der Waals surface area contributed by atoms with Crippen LogP contribution in [-0.4, -0.2) is 48.3 Å². The van der Waals surface area contributed by atoms with E-state index in [0.717, 1.165) is 24.2 Å². The van der Waals surface area contributed by atoms with Gasteiger partial charge in [0.25, 0.3) is 0 Å². The molecule has 1 fully saturated rings. The van der Waals surface area contributed by atoms with Gasteiger partial charge in [-0.1, -0.05) is 44.2 Å². The van der Waals surface area contributed by atoms with Crippen LogP contribution in [0.25, 0.3) is 0 Å². The monoisotopic (exact) mass is 423 g/mol. The fourth-order valence-corrected chi connectivity index (χ4v) is 5.12. The Morgan fingerprint density at radius 1 is 1.19 bits per heavy atom. The second-order valence-electron chi connectivity index (χ2n) is 9.19. The Labute approximate surface area is 185 Å². The molecule has 5 heteroatoms. The number of rotatable bonds is 6. The molecule has 2 aromatic carbocycles. The number of fused-ring (bicyclic) bond motifs is 1.